The van der Waals surface area contributed by atoms with Gasteiger partial charge in [-0.25, -0.2) is 14.8 Å². The van der Waals surface area contributed by atoms with Crippen molar-refractivity contribution in [3.05, 3.63) is 54.2 Å². The maximum atomic E-state index is 12.5. The summed E-state index contributed by atoms with van der Waals surface area (Å²) in [7, 11) is 3.36. The van der Waals surface area contributed by atoms with Crippen molar-refractivity contribution in [2.45, 2.75) is 0 Å². The van der Waals surface area contributed by atoms with Gasteiger partial charge in [0.05, 0.1) is 30.9 Å². The molecule has 0 radical (unpaired) electrons. The zero-order valence-corrected chi connectivity index (χ0v) is 15.8. The third-order valence-electron chi connectivity index (χ3n) is 4.07. The highest BCUT2D eigenvalue weighted by molar-refractivity contribution is 6.31. The number of methoxy groups -OCH3 is 1. The molecule has 0 saturated heterocycles. The number of nitrogens with one attached hydrogen (secondary N) is 2. The lowest BCUT2D eigenvalue weighted by atomic mass is 10.3. The van der Waals surface area contributed by atoms with Crippen LogP contribution in [0.4, 0.5) is 16.3 Å². The summed E-state index contributed by atoms with van der Waals surface area (Å²) in [6.07, 6.45) is 8.69. The number of aromatic nitrogens is 5. The molecule has 0 spiro atoms. The predicted octanol–water partition coefficient (Wildman–Crippen LogP) is 3.44. The number of imidazole rings is 1. The number of hydrogen-bond donors (Lipinski definition) is 2. The molecule has 9 nitrogen and oxygen atoms in total. The van der Waals surface area contributed by atoms with E-state index in [0.29, 0.717) is 27.9 Å². The van der Waals surface area contributed by atoms with Crippen molar-refractivity contribution >= 4 is 34.8 Å². The second-order valence-electron chi connectivity index (χ2n) is 5.94. The molecule has 2 amide bonds. The summed E-state index contributed by atoms with van der Waals surface area (Å²) in [5.74, 6) is 0.807. The number of anilines is 2. The summed E-state index contributed by atoms with van der Waals surface area (Å²) in [6.45, 7) is 0. The van der Waals surface area contributed by atoms with Gasteiger partial charge in [-0.1, -0.05) is 11.6 Å². The predicted molar refractivity (Wildman–Crippen MR) is 106 cm³/mol. The van der Waals surface area contributed by atoms with E-state index in [1.807, 2.05) is 17.6 Å². The molecule has 2 N–H and O–H groups in total. The Labute approximate surface area is 164 Å². The van der Waals surface area contributed by atoms with E-state index in [1.165, 1.54) is 7.11 Å². The number of benzene rings is 1. The number of urea groups is 1. The molecule has 0 bridgehead atoms. The minimum Gasteiger partial charge on any atom is -0.495 e. The Bertz CT molecular complexity index is 1170. The minimum absolute atomic E-state index is 0.316. The summed E-state index contributed by atoms with van der Waals surface area (Å²) >= 11 is 6.00. The lowest BCUT2D eigenvalue weighted by molar-refractivity contribution is 0.262. The number of hydrogen-bond acceptors (Lipinski definition) is 5. The van der Waals surface area contributed by atoms with Crippen molar-refractivity contribution < 1.29 is 9.53 Å². The van der Waals surface area contributed by atoms with Crippen LogP contribution in [-0.4, -0.2) is 37.3 Å². The number of rotatable bonds is 4. The lowest BCUT2D eigenvalue weighted by Crippen LogP contribution is -2.21. The molecule has 28 heavy (non-hydrogen) atoms. The normalized spacial score (nSPS) is 10.8. The van der Waals surface area contributed by atoms with E-state index in [0.717, 1.165) is 11.3 Å². The second-order valence-corrected chi connectivity index (χ2v) is 6.38. The summed E-state index contributed by atoms with van der Waals surface area (Å²) in [5.41, 5.74) is 2.69. The highest BCUT2D eigenvalue weighted by Gasteiger charge is 2.14. The topological polar surface area (TPSA) is 98.4 Å². The summed E-state index contributed by atoms with van der Waals surface area (Å²) in [4.78, 5) is 21.1. The van der Waals surface area contributed by atoms with Gasteiger partial charge in [-0.2, -0.15) is 5.10 Å². The third-order valence-corrected chi connectivity index (χ3v) is 4.31. The van der Waals surface area contributed by atoms with Crippen LogP contribution in [0.1, 0.15) is 0 Å². The van der Waals surface area contributed by atoms with Crippen LogP contribution in [0, 0.1) is 0 Å². The van der Waals surface area contributed by atoms with Crippen molar-refractivity contribution in [1.29, 1.82) is 0 Å². The van der Waals surface area contributed by atoms with Crippen molar-refractivity contribution in [2.75, 3.05) is 17.7 Å². The average Bonchev–Trinajstić information content (AvgIpc) is 3.28. The molecule has 3 aromatic heterocycles. The van der Waals surface area contributed by atoms with E-state index in [-0.39, 0.29) is 0 Å². The number of fused-ring (bicyclic) bond motifs is 1. The number of ether oxygens (including phenoxy) is 1. The maximum absolute atomic E-state index is 12.5. The second kappa shape index (κ2) is 7.20. The van der Waals surface area contributed by atoms with Gasteiger partial charge in [0.15, 0.2) is 11.5 Å². The van der Waals surface area contributed by atoms with Crippen molar-refractivity contribution in [3.63, 3.8) is 0 Å². The van der Waals surface area contributed by atoms with Gasteiger partial charge in [0.25, 0.3) is 0 Å². The number of halogens is 1. The molecular formula is C18H16ClN7O2. The van der Waals surface area contributed by atoms with Crippen LogP contribution in [-0.2, 0) is 7.05 Å². The molecule has 1 aromatic carbocycles. The molecule has 0 aliphatic carbocycles. The number of aryl methyl sites for hydroxylation is 1. The van der Waals surface area contributed by atoms with E-state index in [1.54, 1.807) is 47.7 Å². The molecule has 142 valence electrons. The van der Waals surface area contributed by atoms with Gasteiger partial charge in [-0.3, -0.25) is 14.4 Å². The van der Waals surface area contributed by atoms with E-state index >= 15 is 0 Å². The lowest BCUT2D eigenvalue weighted by Gasteiger charge is -2.11. The Kier molecular flexibility index (Phi) is 4.58. The fraction of sp³-hybridized carbons (Fsp3) is 0.111. The van der Waals surface area contributed by atoms with Crippen molar-refractivity contribution in [2.24, 2.45) is 7.05 Å². The average molecular weight is 398 g/mol. The largest absolute Gasteiger partial charge is 0.495 e. The van der Waals surface area contributed by atoms with Gasteiger partial charge in [0.1, 0.15) is 5.75 Å². The molecule has 3 heterocycles. The van der Waals surface area contributed by atoms with Crippen molar-refractivity contribution in [1.82, 2.24) is 24.1 Å². The summed E-state index contributed by atoms with van der Waals surface area (Å²) in [5, 5.41) is 10.1. The van der Waals surface area contributed by atoms with E-state index in [2.05, 4.69) is 25.7 Å². The molecule has 4 rings (SSSR count). The molecule has 0 aliphatic heterocycles. The van der Waals surface area contributed by atoms with Gasteiger partial charge >= 0.3 is 6.03 Å². The Morgan fingerprint density at radius 1 is 1.21 bits per heavy atom. The molecule has 10 heteroatoms. The fourth-order valence-electron chi connectivity index (χ4n) is 2.81. The van der Waals surface area contributed by atoms with E-state index < -0.39 is 6.03 Å². The van der Waals surface area contributed by atoms with Crippen LogP contribution in [0.3, 0.4) is 0 Å². The summed E-state index contributed by atoms with van der Waals surface area (Å²) in [6, 6.07) is 4.46. The first-order chi connectivity index (χ1) is 13.5. The van der Waals surface area contributed by atoms with E-state index in [4.69, 9.17) is 16.3 Å². The molecule has 0 unspecified atom stereocenters. The van der Waals surface area contributed by atoms with Gasteiger partial charge < -0.3 is 10.1 Å². The monoisotopic (exact) mass is 397 g/mol. The number of amides is 2. The van der Waals surface area contributed by atoms with Gasteiger partial charge in [0, 0.05) is 36.2 Å². The highest BCUT2D eigenvalue weighted by Crippen LogP contribution is 2.28. The Morgan fingerprint density at radius 3 is 2.82 bits per heavy atom. The minimum atomic E-state index is -0.493. The van der Waals surface area contributed by atoms with Crippen LogP contribution in [0.25, 0.3) is 16.9 Å². The van der Waals surface area contributed by atoms with Crippen LogP contribution >= 0.6 is 11.6 Å². The maximum Gasteiger partial charge on any atom is 0.325 e. The first kappa shape index (κ1) is 17.8. The number of carbonyl (C=O) groups is 1. The Balaban J connectivity index is 1.61. The summed E-state index contributed by atoms with van der Waals surface area (Å²) < 4.78 is 8.78. The molecule has 0 fully saturated rings. The first-order valence-electron chi connectivity index (χ1n) is 8.28. The zero-order valence-electron chi connectivity index (χ0n) is 15.0. The standard InChI is InChI=1S/C18H16ClN7O2/c1-25-10-11(8-22-25)14-9-21-17-16(20-5-6-26(14)17)24-18(27)23-13-7-12(19)3-4-15(13)28-2/h3-10H,1-2H3,(H2,20,23,24,27). The van der Waals surface area contributed by atoms with Crippen molar-refractivity contribution in [3.8, 4) is 17.0 Å². The Morgan fingerprint density at radius 2 is 2.07 bits per heavy atom. The molecule has 4 aromatic rings. The van der Waals surface area contributed by atoms with Crippen LogP contribution in [0.2, 0.25) is 5.02 Å². The van der Waals surface area contributed by atoms with E-state index in [9.17, 15) is 4.79 Å². The number of nitrogens with zero attached hydrogens (tertiary/aromatic N) is 5. The smallest absolute Gasteiger partial charge is 0.325 e. The molecular weight excluding hydrogens is 382 g/mol. The zero-order chi connectivity index (χ0) is 19.7. The first-order valence-corrected chi connectivity index (χ1v) is 8.65. The van der Waals surface area contributed by atoms with Gasteiger partial charge in [-0.05, 0) is 18.2 Å². The van der Waals surface area contributed by atoms with Gasteiger partial charge in [-0.15, -0.1) is 0 Å². The molecule has 0 saturated carbocycles. The molecule has 0 aliphatic rings. The van der Waals surface area contributed by atoms with Crippen LogP contribution in [0.5, 0.6) is 5.75 Å². The van der Waals surface area contributed by atoms with Gasteiger partial charge in [0.2, 0.25) is 0 Å². The SMILES string of the molecule is COc1ccc(Cl)cc1NC(=O)Nc1nccn2c(-c3cnn(C)c3)cnc12. The number of carbonyl (C=O) groups excluding carboxylic acids is 1. The fourth-order valence-corrected chi connectivity index (χ4v) is 2.99. The van der Waals surface area contributed by atoms with Crippen LogP contribution < -0.4 is 15.4 Å². The van der Waals surface area contributed by atoms with Crippen LogP contribution in [0.15, 0.2) is 49.2 Å². The quantitative estimate of drug-likeness (QED) is 0.549. The highest BCUT2D eigenvalue weighted by atomic mass is 35.5. The third kappa shape index (κ3) is 3.35. The Hall–Kier alpha value is -3.59. The molecule has 0 atom stereocenters.